The Labute approximate surface area is 157 Å². The number of hydrogen-bond donors (Lipinski definition) is 2. The summed E-state index contributed by atoms with van der Waals surface area (Å²) in [5.74, 6) is -1.47. The second kappa shape index (κ2) is 8.19. The number of amides is 1. The Balaban J connectivity index is 1.71. The third-order valence-corrected chi connectivity index (χ3v) is 4.21. The van der Waals surface area contributed by atoms with Gasteiger partial charge in [-0.1, -0.05) is 60.7 Å². The molecule has 0 heterocycles. The van der Waals surface area contributed by atoms with E-state index in [4.69, 9.17) is 4.74 Å². The fourth-order valence-electron chi connectivity index (χ4n) is 2.83. The van der Waals surface area contributed by atoms with E-state index < -0.39 is 5.97 Å². The van der Waals surface area contributed by atoms with E-state index in [1.165, 1.54) is 19.2 Å². The predicted molar refractivity (Wildman–Crippen MR) is 103 cm³/mol. The summed E-state index contributed by atoms with van der Waals surface area (Å²) in [6.45, 7) is 0.328. The van der Waals surface area contributed by atoms with Crippen LogP contribution in [0, 0.1) is 0 Å². The number of carbonyl (C=O) groups is 2. The molecule has 3 rings (SSSR count). The number of benzene rings is 3. The van der Waals surface area contributed by atoms with Gasteiger partial charge in [-0.15, -0.1) is 0 Å². The molecule has 136 valence electrons. The van der Waals surface area contributed by atoms with Crippen molar-refractivity contribution < 1.29 is 19.4 Å². The molecule has 0 spiro atoms. The molecule has 5 heteroatoms. The number of ether oxygens (including phenoxy) is 1. The van der Waals surface area contributed by atoms with Crippen LogP contribution in [0.3, 0.4) is 0 Å². The van der Waals surface area contributed by atoms with Gasteiger partial charge in [0.05, 0.1) is 12.7 Å². The number of para-hydroxylation sites is 1. The van der Waals surface area contributed by atoms with Gasteiger partial charge in [0.15, 0.2) is 0 Å². The summed E-state index contributed by atoms with van der Waals surface area (Å²) in [5, 5.41) is 12.0. The highest BCUT2D eigenvalue weighted by Gasteiger charge is 2.19. The van der Waals surface area contributed by atoms with Gasteiger partial charge in [-0.05, 0) is 28.8 Å². The third-order valence-electron chi connectivity index (χ3n) is 4.21. The zero-order valence-electron chi connectivity index (χ0n) is 14.8. The van der Waals surface area contributed by atoms with E-state index in [9.17, 15) is 14.7 Å². The number of carboxylic acids is 1. The molecule has 0 fully saturated rings. The van der Waals surface area contributed by atoms with Gasteiger partial charge in [0.2, 0.25) is 0 Å². The molecule has 0 bridgehead atoms. The third kappa shape index (κ3) is 4.15. The highest BCUT2D eigenvalue weighted by atomic mass is 16.5. The fraction of sp³-hybridized carbons (Fsp3) is 0.0909. The first kappa shape index (κ1) is 18.2. The first-order valence-electron chi connectivity index (χ1n) is 8.43. The number of carboxylic acid groups (broad SMARTS) is 1. The van der Waals surface area contributed by atoms with Crippen molar-refractivity contribution in [3.05, 3.63) is 89.5 Å². The Morgan fingerprint density at radius 1 is 0.852 bits per heavy atom. The molecule has 1 amide bonds. The maximum Gasteiger partial charge on any atom is 0.339 e. The van der Waals surface area contributed by atoms with Crippen molar-refractivity contribution in [3.63, 3.8) is 0 Å². The monoisotopic (exact) mass is 361 g/mol. The van der Waals surface area contributed by atoms with Crippen LogP contribution in [0.25, 0.3) is 11.1 Å². The minimum Gasteiger partial charge on any atom is -0.495 e. The first-order valence-corrected chi connectivity index (χ1v) is 8.43. The Morgan fingerprint density at radius 3 is 2.11 bits per heavy atom. The summed E-state index contributed by atoms with van der Waals surface area (Å²) in [4.78, 5) is 23.7. The molecule has 0 aliphatic carbocycles. The van der Waals surface area contributed by atoms with Crippen molar-refractivity contribution in [1.29, 1.82) is 0 Å². The van der Waals surface area contributed by atoms with E-state index in [2.05, 4.69) is 5.32 Å². The number of methoxy groups -OCH3 is 1. The number of nitrogens with one attached hydrogen (secondary N) is 1. The van der Waals surface area contributed by atoms with Crippen LogP contribution in [0.4, 0.5) is 0 Å². The predicted octanol–water partition coefficient (Wildman–Crippen LogP) is 3.99. The lowest BCUT2D eigenvalue weighted by molar-refractivity contribution is 0.0693. The smallest absolute Gasteiger partial charge is 0.339 e. The molecular weight excluding hydrogens is 342 g/mol. The van der Waals surface area contributed by atoms with Crippen molar-refractivity contribution in [3.8, 4) is 16.9 Å². The summed E-state index contributed by atoms with van der Waals surface area (Å²) in [7, 11) is 1.35. The van der Waals surface area contributed by atoms with E-state index in [0.717, 1.165) is 16.7 Å². The van der Waals surface area contributed by atoms with E-state index in [-0.39, 0.29) is 22.8 Å². The molecule has 0 atom stereocenters. The van der Waals surface area contributed by atoms with Gasteiger partial charge in [0.1, 0.15) is 11.3 Å². The molecule has 0 aliphatic rings. The van der Waals surface area contributed by atoms with Crippen LogP contribution in [-0.4, -0.2) is 24.1 Å². The first-order chi connectivity index (χ1) is 13.1. The molecule has 0 saturated heterocycles. The van der Waals surface area contributed by atoms with Gasteiger partial charge >= 0.3 is 5.97 Å². The maximum atomic E-state index is 12.5. The summed E-state index contributed by atoms with van der Waals surface area (Å²) in [6, 6.07) is 22.4. The number of carbonyl (C=O) groups excluding carboxylic acids is 1. The Morgan fingerprint density at radius 2 is 1.48 bits per heavy atom. The largest absolute Gasteiger partial charge is 0.495 e. The minimum absolute atomic E-state index is 0.0441. The van der Waals surface area contributed by atoms with E-state index in [1.807, 2.05) is 54.6 Å². The van der Waals surface area contributed by atoms with Crippen LogP contribution in [0.2, 0.25) is 0 Å². The maximum absolute atomic E-state index is 12.5. The van der Waals surface area contributed by atoms with E-state index in [0.29, 0.717) is 6.54 Å². The molecule has 0 radical (unpaired) electrons. The Kier molecular flexibility index (Phi) is 5.52. The van der Waals surface area contributed by atoms with Gasteiger partial charge in [-0.2, -0.15) is 0 Å². The summed E-state index contributed by atoms with van der Waals surface area (Å²) >= 11 is 0. The molecule has 0 saturated carbocycles. The molecule has 5 nitrogen and oxygen atoms in total. The number of aromatic carboxylic acids is 1. The van der Waals surface area contributed by atoms with Crippen LogP contribution >= 0.6 is 0 Å². The average molecular weight is 361 g/mol. The highest BCUT2D eigenvalue weighted by Crippen LogP contribution is 2.24. The molecular formula is C22H19NO4. The van der Waals surface area contributed by atoms with Crippen LogP contribution in [0.5, 0.6) is 5.75 Å². The second-order valence-electron chi connectivity index (χ2n) is 5.94. The van der Waals surface area contributed by atoms with Crippen LogP contribution < -0.4 is 10.1 Å². The molecule has 3 aromatic carbocycles. The summed E-state index contributed by atoms with van der Waals surface area (Å²) < 4.78 is 5.13. The fourth-order valence-corrected chi connectivity index (χ4v) is 2.83. The second-order valence-corrected chi connectivity index (χ2v) is 5.94. The molecule has 2 N–H and O–H groups in total. The van der Waals surface area contributed by atoms with Gasteiger partial charge in [-0.3, -0.25) is 4.79 Å². The lowest BCUT2D eigenvalue weighted by Crippen LogP contribution is -2.24. The SMILES string of the molecule is COc1c(C(=O)O)cccc1C(=O)NCc1ccc(-c2ccccc2)cc1. The van der Waals surface area contributed by atoms with Crippen molar-refractivity contribution >= 4 is 11.9 Å². The highest BCUT2D eigenvalue weighted by molar-refractivity contribution is 6.01. The van der Waals surface area contributed by atoms with Crippen LogP contribution in [-0.2, 0) is 6.54 Å². The van der Waals surface area contributed by atoms with Gasteiger partial charge in [-0.25, -0.2) is 4.79 Å². The van der Waals surface area contributed by atoms with Crippen molar-refractivity contribution in [2.45, 2.75) is 6.54 Å². The summed E-state index contributed by atoms with van der Waals surface area (Å²) in [6.07, 6.45) is 0. The van der Waals surface area contributed by atoms with Crippen LogP contribution in [0.15, 0.2) is 72.8 Å². The Hall–Kier alpha value is -3.60. The van der Waals surface area contributed by atoms with Crippen LogP contribution in [0.1, 0.15) is 26.3 Å². The zero-order valence-corrected chi connectivity index (χ0v) is 14.8. The normalized spacial score (nSPS) is 10.3. The van der Waals surface area contributed by atoms with E-state index in [1.54, 1.807) is 6.07 Å². The molecule has 0 unspecified atom stereocenters. The lowest BCUT2D eigenvalue weighted by atomic mass is 10.0. The number of hydrogen-bond acceptors (Lipinski definition) is 3. The van der Waals surface area contributed by atoms with E-state index >= 15 is 0 Å². The molecule has 27 heavy (non-hydrogen) atoms. The minimum atomic E-state index is -1.14. The zero-order chi connectivity index (χ0) is 19.2. The molecule has 0 aliphatic heterocycles. The topological polar surface area (TPSA) is 75.6 Å². The van der Waals surface area contributed by atoms with Gasteiger partial charge in [0.25, 0.3) is 5.91 Å². The average Bonchev–Trinajstić information content (AvgIpc) is 2.72. The van der Waals surface area contributed by atoms with Crippen molar-refractivity contribution in [2.75, 3.05) is 7.11 Å². The van der Waals surface area contributed by atoms with Crippen molar-refractivity contribution in [1.82, 2.24) is 5.32 Å². The molecule has 3 aromatic rings. The molecule has 0 aromatic heterocycles. The standard InChI is InChI=1S/C22H19NO4/c1-27-20-18(8-5-9-19(20)22(25)26)21(24)23-14-15-10-12-17(13-11-15)16-6-3-2-4-7-16/h2-13H,14H2,1H3,(H,23,24)(H,25,26). The summed E-state index contributed by atoms with van der Waals surface area (Å²) in [5.41, 5.74) is 3.32. The Bertz CT molecular complexity index is 950. The van der Waals surface area contributed by atoms with Gasteiger partial charge < -0.3 is 15.2 Å². The van der Waals surface area contributed by atoms with Crippen molar-refractivity contribution in [2.24, 2.45) is 0 Å². The lowest BCUT2D eigenvalue weighted by Gasteiger charge is -2.12. The van der Waals surface area contributed by atoms with Gasteiger partial charge in [0, 0.05) is 6.54 Å². The quantitative estimate of drug-likeness (QED) is 0.696. The number of rotatable bonds is 6.